The van der Waals surface area contributed by atoms with Gasteiger partial charge >= 0.3 is 0 Å². The van der Waals surface area contributed by atoms with Crippen LogP contribution in [0.25, 0.3) is 4.96 Å². The highest BCUT2D eigenvalue weighted by Gasteiger charge is 2.20. The Morgan fingerprint density at radius 2 is 2.20 bits per heavy atom. The standard InChI is InChI=1S/C10H13N3OS/c14-7-8-9(12-3-1-2-4-12)11-10-13(8)5-6-15-10/h5-6,14H,1-4,7H2. The van der Waals surface area contributed by atoms with Gasteiger partial charge in [-0.1, -0.05) is 0 Å². The average molecular weight is 223 g/mol. The second-order valence-electron chi connectivity index (χ2n) is 3.79. The fourth-order valence-corrected chi connectivity index (χ4v) is 2.88. The van der Waals surface area contributed by atoms with E-state index in [9.17, 15) is 5.11 Å². The first-order valence-electron chi connectivity index (χ1n) is 5.20. The van der Waals surface area contributed by atoms with Gasteiger partial charge in [-0.05, 0) is 12.8 Å². The monoisotopic (exact) mass is 223 g/mol. The second kappa shape index (κ2) is 3.50. The molecule has 1 aliphatic rings. The third-order valence-electron chi connectivity index (χ3n) is 2.90. The number of rotatable bonds is 2. The molecule has 3 rings (SSSR count). The Morgan fingerprint density at radius 1 is 1.40 bits per heavy atom. The van der Waals surface area contributed by atoms with Crippen molar-refractivity contribution in [3.63, 3.8) is 0 Å². The number of anilines is 1. The SMILES string of the molecule is OCc1c(N2CCCC2)nc2sccn12. The summed E-state index contributed by atoms with van der Waals surface area (Å²) in [5, 5.41) is 11.4. The molecule has 0 aliphatic carbocycles. The number of imidazole rings is 1. The van der Waals surface area contributed by atoms with Crippen molar-refractivity contribution in [3.05, 3.63) is 17.3 Å². The Morgan fingerprint density at radius 3 is 2.93 bits per heavy atom. The van der Waals surface area contributed by atoms with Crippen LogP contribution < -0.4 is 4.90 Å². The lowest BCUT2D eigenvalue weighted by molar-refractivity contribution is 0.276. The van der Waals surface area contributed by atoms with Crippen LogP contribution in [0.4, 0.5) is 5.82 Å². The lowest BCUT2D eigenvalue weighted by Gasteiger charge is -2.15. The molecule has 1 N–H and O–H groups in total. The van der Waals surface area contributed by atoms with E-state index < -0.39 is 0 Å². The van der Waals surface area contributed by atoms with Gasteiger partial charge in [-0.2, -0.15) is 0 Å². The Kier molecular flexibility index (Phi) is 2.14. The van der Waals surface area contributed by atoms with Gasteiger partial charge in [0.2, 0.25) is 0 Å². The molecule has 4 nitrogen and oxygen atoms in total. The number of aromatic nitrogens is 2. The summed E-state index contributed by atoms with van der Waals surface area (Å²) in [7, 11) is 0. The van der Waals surface area contributed by atoms with Crippen molar-refractivity contribution >= 4 is 22.1 Å². The van der Waals surface area contributed by atoms with E-state index in [4.69, 9.17) is 0 Å². The summed E-state index contributed by atoms with van der Waals surface area (Å²) in [4.78, 5) is 7.82. The molecule has 0 spiro atoms. The molecule has 1 aliphatic heterocycles. The normalized spacial score (nSPS) is 16.7. The summed E-state index contributed by atoms with van der Waals surface area (Å²) >= 11 is 1.61. The number of hydrogen-bond acceptors (Lipinski definition) is 4. The highest BCUT2D eigenvalue weighted by molar-refractivity contribution is 7.15. The minimum absolute atomic E-state index is 0.0593. The van der Waals surface area contributed by atoms with E-state index >= 15 is 0 Å². The molecule has 2 aromatic heterocycles. The minimum atomic E-state index is 0.0593. The minimum Gasteiger partial charge on any atom is -0.390 e. The first kappa shape index (κ1) is 9.18. The van der Waals surface area contributed by atoms with Crippen LogP contribution >= 0.6 is 11.3 Å². The van der Waals surface area contributed by atoms with Crippen LogP contribution in [0.1, 0.15) is 18.5 Å². The van der Waals surface area contributed by atoms with Gasteiger partial charge in [-0.15, -0.1) is 11.3 Å². The molecular weight excluding hydrogens is 210 g/mol. The zero-order chi connectivity index (χ0) is 10.3. The summed E-state index contributed by atoms with van der Waals surface area (Å²) in [5.74, 6) is 0.974. The number of fused-ring (bicyclic) bond motifs is 1. The Labute approximate surface area is 91.8 Å². The molecule has 1 saturated heterocycles. The summed E-state index contributed by atoms with van der Waals surface area (Å²) < 4.78 is 1.98. The van der Waals surface area contributed by atoms with Crippen LogP contribution in [-0.2, 0) is 6.61 Å². The Bertz CT molecular complexity index is 470. The van der Waals surface area contributed by atoms with Gasteiger partial charge in [0.1, 0.15) is 0 Å². The van der Waals surface area contributed by atoms with Crippen LogP contribution in [0.5, 0.6) is 0 Å². The van der Waals surface area contributed by atoms with Crippen molar-refractivity contribution < 1.29 is 5.11 Å². The van der Waals surface area contributed by atoms with E-state index in [-0.39, 0.29) is 6.61 Å². The van der Waals surface area contributed by atoms with E-state index in [1.54, 1.807) is 11.3 Å². The second-order valence-corrected chi connectivity index (χ2v) is 4.66. The van der Waals surface area contributed by atoms with Crippen LogP contribution in [-0.4, -0.2) is 27.6 Å². The molecule has 5 heteroatoms. The number of hydrogen-bond donors (Lipinski definition) is 1. The molecule has 0 amide bonds. The summed E-state index contributed by atoms with van der Waals surface area (Å²) in [6.45, 7) is 2.19. The van der Waals surface area contributed by atoms with E-state index in [1.807, 2.05) is 16.0 Å². The zero-order valence-corrected chi connectivity index (χ0v) is 9.20. The lowest BCUT2D eigenvalue weighted by atomic mass is 10.4. The van der Waals surface area contributed by atoms with E-state index in [2.05, 4.69) is 9.88 Å². The first-order valence-corrected chi connectivity index (χ1v) is 6.08. The third-order valence-corrected chi connectivity index (χ3v) is 3.65. The number of nitrogens with zero attached hydrogens (tertiary/aromatic N) is 3. The summed E-state index contributed by atoms with van der Waals surface area (Å²) in [6.07, 6.45) is 4.43. The molecule has 1 fully saturated rings. The van der Waals surface area contributed by atoms with Crippen molar-refractivity contribution in [2.75, 3.05) is 18.0 Å². The van der Waals surface area contributed by atoms with Gasteiger partial charge in [-0.3, -0.25) is 4.40 Å². The van der Waals surface area contributed by atoms with Gasteiger partial charge in [0.05, 0.1) is 12.3 Å². The molecule has 0 bridgehead atoms. The zero-order valence-electron chi connectivity index (χ0n) is 8.39. The molecule has 0 radical (unpaired) electrons. The van der Waals surface area contributed by atoms with Gasteiger partial charge in [0, 0.05) is 24.7 Å². The molecule has 80 valence electrons. The van der Waals surface area contributed by atoms with Crippen LogP contribution in [0.2, 0.25) is 0 Å². The molecule has 2 aromatic rings. The largest absolute Gasteiger partial charge is 0.390 e. The summed E-state index contributed by atoms with van der Waals surface area (Å²) in [6, 6.07) is 0. The van der Waals surface area contributed by atoms with Crippen LogP contribution in [0.3, 0.4) is 0 Å². The fourth-order valence-electron chi connectivity index (χ4n) is 2.15. The van der Waals surface area contributed by atoms with Gasteiger partial charge < -0.3 is 10.0 Å². The van der Waals surface area contributed by atoms with Crippen molar-refractivity contribution in [2.45, 2.75) is 19.4 Å². The van der Waals surface area contributed by atoms with Crippen molar-refractivity contribution in [1.29, 1.82) is 0 Å². The Balaban J connectivity index is 2.11. The molecule has 0 unspecified atom stereocenters. The molecule has 15 heavy (non-hydrogen) atoms. The van der Waals surface area contributed by atoms with Crippen molar-refractivity contribution in [3.8, 4) is 0 Å². The molecule has 0 saturated carbocycles. The van der Waals surface area contributed by atoms with Crippen molar-refractivity contribution in [2.24, 2.45) is 0 Å². The fraction of sp³-hybridized carbons (Fsp3) is 0.500. The van der Waals surface area contributed by atoms with Crippen molar-refractivity contribution in [1.82, 2.24) is 9.38 Å². The Hall–Kier alpha value is -1.07. The van der Waals surface area contributed by atoms with E-state index in [0.29, 0.717) is 0 Å². The number of aliphatic hydroxyl groups excluding tert-OH is 1. The maximum absolute atomic E-state index is 9.40. The van der Waals surface area contributed by atoms with E-state index in [0.717, 1.165) is 29.6 Å². The molecular formula is C10H13N3OS. The van der Waals surface area contributed by atoms with Gasteiger partial charge in [0.25, 0.3) is 0 Å². The average Bonchev–Trinajstić information content (AvgIpc) is 2.93. The third kappa shape index (κ3) is 1.34. The smallest absolute Gasteiger partial charge is 0.195 e. The molecule has 3 heterocycles. The predicted molar refractivity (Wildman–Crippen MR) is 60.4 cm³/mol. The quantitative estimate of drug-likeness (QED) is 0.838. The van der Waals surface area contributed by atoms with E-state index in [1.165, 1.54) is 12.8 Å². The maximum atomic E-state index is 9.40. The van der Waals surface area contributed by atoms with Gasteiger partial charge in [0.15, 0.2) is 10.8 Å². The highest BCUT2D eigenvalue weighted by atomic mass is 32.1. The van der Waals surface area contributed by atoms with Crippen LogP contribution in [0.15, 0.2) is 11.6 Å². The maximum Gasteiger partial charge on any atom is 0.195 e. The topological polar surface area (TPSA) is 40.8 Å². The van der Waals surface area contributed by atoms with Gasteiger partial charge in [-0.25, -0.2) is 4.98 Å². The summed E-state index contributed by atoms with van der Waals surface area (Å²) in [5.41, 5.74) is 0.924. The van der Waals surface area contributed by atoms with Crippen LogP contribution in [0, 0.1) is 0 Å². The highest BCUT2D eigenvalue weighted by Crippen LogP contribution is 2.27. The lowest BCUT2D eigenvalue weighted by Crippen LogP contribution is -2.19. The molecule has 0 atom stereocenters. The number of thiazole rings is 1. The number of aliphatic hydroxyl groups is 1. The predicted octanol–water partition coefficient (Wildman–Crippen LogP) is 1.49. The first-order chi connectivity index (χ1) is 7.40. The molecule has 0 aromatic carbocycles.